The van der Waals surface area contributed by atoms with Crippen molar-refractivity contribution in [3.8, 4) is 33.4 Å². The van der Waals surface area contributed by atoms with Gasteiger partial charge in [-0.25, -0.2) is 0 Å². The molecule has 9 aromatic rings. The molecule has 1 aliphatic heterocycles. The van der Waals surface area contributed by atoms with Crippen LogP contribution in [0.15, 0.2) is 223 Å². The summed E-state index contributed by atoms with van der Waals surface area (Å²) in [6.07, 6.45) is 10.9. The molecular formula is C56H44N2O. The van der Waals surface area contributed by atoms with Crippen molar-refractivity contribution >= 4 is 50.4 Å². The lowest BCUT2D eigenvalue weighted by Crippen LogP contribution is -2.29. The van der Waals surface area contributed by atoms with E-state index < -0.39 is 0 Å². The van der Waals surface area contributed by atoms with Crippen molar-refractivity contribution in [2.75, 3.05) is 9.80 Å². The topological polar surface area (TPSA) is 19.6 Å². The molecule has 0 radical (unpaired) electrons. The average molecular weight is 761 g/mol. The average Bonchev–Trinajstić information content (AvgIpc) is 3.72. The molecule has 0 spiro atoms. The molecule has 0 aliphatic carbocycles. The Balaban J connectivity index is 1.01. The van der Waals surface area contributed by atoms with Crippen LogP contribution in [-0.4, -0.2) is 6.04 Å². The fourth-order valence-corrected chi connectivity index (χ4v) is 8.58. The predicted octanol–water partition coefficient (Wildman–Crippen LogP) is 15.6. The number of para-hydroxylation sites is 3. The zero-order chi connectivity index (χ0) is 39.5. The summed E-state index contributed by atoms with van der Waals surface area (Å²) in [7, 11) is 0. The van der Waals surface area contributed by atoms with E-state index in [1.807, 2.05) is 12.1 Å². The molecule has 3 nitrogen and oxygen atoms in total. The van der Waals surface area contributed by atoms with Crippen molar-refractivity contribution < 1.29 is 4.42 Å². The number of fused-ring (bicyclic) bond motifs is 4. The molecule has 10 rings (SSSR count). The quantitative estimate of drug-likeness (QED) is 0.154. The molecule has 2 heterocycles. The van der Waals surface area contributed by atoms with Crippen LogP contribution in [0.5, 0.6) is 0 Å². The summed E-state index contributed by atoms with van der Waals surface area (Å²) in [6.45, 7) is 2.27. The van der Waals surface area contributed by atoms with E-state index in [0.717, 1.165) is 63.0 Å². The van der Waals surface area contributed by atoms with E-state index in [-0.39, 0.29) is 6.04 Å². The van der Waals surface area contributed by atoms with E-state index in [0.29, 0.717) is 0 Å². The summed E-state index contributed by atoms with van der Waals surface area (Å²) in [5.74, 6) is 0. The van der Waals surface area contributed by atoms with Gasteiger partial charge in [-0.1, -0.05) is 165 Å². The van der Waals surface area contributed by atoms with Crippen LogP contribution in [0.4, 0.5) is 28.4 Å². The fraction of sp³-hybridized carbons (Fsp3) is 0.0714. The summed E-state index contributed by atoms with van der Waals surface area (Å²) in [5, 5.41) is 2.27. The molecule has 1 unspecified atom stereocenters. The second-order valence-electron chi connectivity index (χ2n) is 15.2. The lowest BCUT2D eigenvalue weighted by molar-refractivity contribution is 0.670. The summed E-state index contributed by atoms with van der Waals surface area (Å²) in [6, 6.07) is 70.0. The minimum Gasteiger partial charge on any atom is -0.455 e. The maximum Gasteiger partial charge on any atom is 0.143 e. The monoisotopic (exact) mass is 760 g/mol. The fourth-order valence-electron chi connectivity index (χ4n) is 8.58. The van der Waals surface area contributed by atoms with E-state index in [1.165, 1.54) is 39.2 Å². The Morgan fingerprint density at radius 1 is 0.525 bits per heavy atom. The van der Waals surface area contributed by atoms with Gasteiger partial charge in [0.2, 0.25) is 0 Å². The molecule has 0 saturated carbocycles. The van der Waals surface area contributed by atoms with Crippen LogP contribution in [0.25, 0.3) is 55.3 Å². The van der Waals surface area contributed by atoms with E-state index in [9.17, 15) is 0 Å². The third kappa shape index (κ3) is 7.02. The van der Waals surface area contributed by atoms with E-state index in [1.54, 1.807) is 0 Å². The molecule has 284 valence electrons. The molecular weight excluding hydrogens is 717 g/mol. The highest BCUT2D eigenvalue weighted by Crippen LogP contribution is 2.41. The van der Waals surface area contributed by atoms with E-state index in [2.05, 4.69) is 223 Å². The Morgan fingerprint density at radius 3 is 1.86 bits per heavy atom. The van der Waals surface area contributed by atoms with Gasteiger partial charge in [-0.15, -0.1) is 0 Å². The van der Waals surface area contributed by atoms with Gasteiger partial charge in [-0.2, -0.15) is 0 Å². The molecule has 8 aromatic carbocycles. The first kappa shape index (κ1) is 36.0. The highest BCUT2D eigenvalue weighted by Gasteiger charge is 2.21. The lowest BCUT2D eigenvalue weighted by atomic mass is 10.0. The first-order valence-corrected chi connectivity index (χ1v) is 20.6. The van der Waals surface area contributed by atoms with Gasteiger partial charge in [0.05, 0.1) is 6.04 Å². The molecule has 59 heavy (non-hydrogen) atoms. The summed E-state index contributed by atoms with van der Waals surface area (Å²) in [5.41, 5.74) is 15.8. The maximum absolute atomic E-state index is 6.41. The van der Waals surface area contributed by atoms with Crippen molar-refractivity contribution in [1.82, 2.24) is 0 Å². The SMILES string of the molecule is CCC1/C=C\C=C/Cc2ccccc2N1c1cccc(-c2ccc(N(c3ccc(-c4ccccc4)cc3)c3ccc(-c4cccc5c4oc4ccccc45)cc3)cc2)c1. The van der Waals surface area contributed by atoms with Crippen molar-refractivity contribution in [3.05, 3.63) is 224 Å². The predicted molar refractivity (Wildman–Crippen MR) is 249 cm³/mol. The van der Waals surface area contributed by atoms with Crippen molar-refractivity contribution in [3.63, 3.8) is 0 Å². The van der Waals surface area contributed by atoms with Crippen LogP contribution in [-0.2, 0) is 6.42 Å². The highest BCUT2D eigenvalue weighted by atomic mass is 16.3. The number of hydrogen-bond donors (Lipinski definition) is 0. The van der Waals surface area contributed by atoms with Crippen LogP contribution >= 0.6 is 0 Å². The van der Waals surface area contributed by atoms with Gasteiger partial charge in [0.1, 0.15) is 11.2 Å². The minimum absolute atomic E-state index is 0.233. The van der Waals surface area contributed by atoms with Crippen LogP contribution in [0.1, 0.15) is 18.9 Å². The lowest BCUT2D eigenvalue weighted by Gasteiger charge is -2.33. The van der Waals surface area contributed by atoms with Crippen LogP contribution < -0.4 is 9.80 Å². The van der Waals surface area contributed by atoms with Crippen LogP contribution in [0.3, 0.4) is 0 Å². The molecule has 0 N–H and O–H groups in total. The number of benzene rings is 8. The number of allylic oxidation sites excluding steroid dienone is 3. The van der Waals surface area contributed by atoms with Gasteiger partial charge in [0.15, 0.2) is 0 Å². The molecule has 0 fully saturated rings. The van der Waals surface area contributed by atoms with E-state index in [4.69, 9.17) is 4.42 Å². The summed E-state index contributed by atoms with van der Waals surface area (Å²) < 4.78 is 6.41. The Kier molecular flexibility index (Phi) is 9.69. The van der Waals surface area contributed by atoms with Crippen molar-refractivity contribution in [2.24, 2.45) is 0 Å². The molecule has 0 saturated heterocycles. The third-order valence-electron chi connectivity index (χ3n) is 11.6. The van der Waals surface area contributed by atoms with E-state index >= 15 is 0 Å². The Bertz CT molecular complexity index is 2940. The molecule has 1 atom stereocenters. The smallest absolute Gasteiger partial charge is 0.143 e. The molecule has 1 aliphatic rings. The Hall–Kier alpha value is -7.36. The highest BCUT2D eigenvalue weighted by molar-refractivity contribution is 6.09. The van der Waals surface area contributed by atoms with Gasteiger partial charge in [-0.05, 0) is 107 Å². The standard InChI is InChI=1S/C56H44N2O/c1-2-46-20-8-4-7-17-44-18-9-11-25-54(44)58(46)50-21-13-19-45(39-50)42-29-35-48(36-30-42)57(47-33-27-41(28-34-47)40-15-5-3-6-16-40)49-37-31-43(32-38-49)51-23-14-24-53-52-22-10-12-26-55(52)59-56(51)53/h3-16,18-39,46H,2,17H2,1H3/b7-4-,20-8-. The zero-order valence-corrected chi connectivity index (χ0v) is 33.1. The van der Waals surface area contributed by atoms with Gasteiger partial charge >= 0.3 is 0 Å². The first-order valence-electron chi connectivity index (χ1n) is 20.6. The molecule has 0 amide bonds. The Labute approximate surface area is 346 Å². The van der Waals surface area contributed by atoms with Crippen molar-refractivity contribution in [2.45, 2.75) is 25.8 Å². The second-order valence-corrected chi connectivity index (χ2v) is 15.2. The summed E-state index contributed by atoms with van der Waals surface area (Å²) in [4.78, 5) is 4.85. The van der Waals surface area contributed by atoms with Gasteiger partial charge < -0.3 is 14.2 Å². The number of nitrogens with zero attached hydrogens (tertiary/aromatic N) is 2. The largest absolute Gasteiger partial charge is 0.455 e. The minimum atomic E-state index is 0.233. The number of hydrogen-bond acceptors (Lipinski definition) is 3. The normalized spacial score (nSPS) is 14.9. The third-order valence-corrected chi connectivity index (χ3v) is 11.6. The molecule has 3 heteroatoms. The first-order chi connectivity index (χ1) is 29.2. The number of anilines is 5. The zero-order valence-electron chi connectivity index (χ0n) is 33.1. The van der Waals surface area contributed by atoms with Crippen LogP contribution in [0, 0.1) is 0 Å². The molecule has 1 aromatic heterocycles. The summed E-state index contributed by atoms with van der Waals surface area (Å²) >= 11 is 0. The van der Waals surface area contributed by atoms with Gasteiger partial charge in [-0.3, -0.25) is 0 Å². The number of furan rings is 1. The molecule has 0 bridgehead atoms. The second kappa shape index (κ2) is 15.9. The number of rotatable bonds is 8. The van der Waals surface area contributed by atoms with Crippen LogP contribution in [0.2, 0.25) is 0 Å². The Morgan fingerprint density at radius 2 is 1.12 bits per heavy atom. The van der Waals surface area contributed by atoms with Gasteiger partial charge in [0, 0.05) is 44.8 Å². The van der Waals surface area contributed by atoms with Crippen molar-refractivity contribution in [1.29, 1.82) is 0 Å². The maximum atomic E-state index is 6.41. The van der Waals surface area contributed by atoms with Gasteiger partial charge in [0.25, 0.3) is 0 Å².